The second kappa shape index (κ2) is 4.41. The zero-order valence-corrected chi connectivity index (χ0v) is 8.17. The largest absolute Gasteiger partial charge is 0.303 e. The molecular weight excluding hydrogens is 190 g/mol. The lowest BCUT2D eigenvalue weighted by Gasteiger charge is -2.06. The van der Waals surface area contributed by atoms with E-state index in [4.69, 9.17) is 0 Å². The van der Waals surface area contributed by atoms with E-state index in [0.29, 0.717) is 12.2 Å². The van der Waals surface area contributed by atoms with Crippen LogP contribution in [0.15, 0.2) is 0 Å². The molecule has 0 N–H and O–H groups in total. The lowest BCUT2D eigenvalue weighted by Crippen LogP contribution is -2.26. The highest BCUT2D eigenvalue weighted by atomic mass is 32.2. The summed E-state index contributed by atoms with van der Waals surface area (Å²) in [7, 11) is 1.49. The maximum Gasteiger partial charge on any atom is 0.242 e. The van der Waals surface area contributed by atoms with Crippen molar-refractivity contribution in [2.75, 3.05) is 12.8 Å². The van der Waals surface area contributed by atoms with E-state index in [9.17, 15) is 14.4 Å². The first kappa shape index (κ1) is 10.2. The van der Waals surface area contributed by atoms with Crippen LogP contribution in [0.3, 0.4) is 0 Å². The number of rotatable bonds is 4. The Morgan fingerprint density at radius 3 is 2.77 bits per heavy atom. The van der Waals surface area contributed by atoms with Crippen LogP contribution in [0.2, 0.25) is 0 Å². The van der Waals surface area contributed by atoms with Crippen LogP contribution in [0, 0.1) is 0 Å². The molecule has 0 aromatic rings. The number of imide groups is 1. The molecule has 0 saturated carbocycles. The van der Waals surface area contributed by atoms with Crippen molar-refractivity contribution in [3.8, 4) is 0 Å². The number of amides is 2. The van der Waals surface area contributed by atoms with Crippen molar-refractivity contribution >= 4 is 29.9 Å². The Bertz CT molecular complexity index is 242. The summed E-state index contributed by atoms with van der Waals surface area (Å²) in [5, 5.41) is -0.266. The summed E-state index contributed by atoms with van der Waals surface area (Å²) in [6, 6.07) is 0. The van der Waals surface area contributed by atoms with Crippen LogP contribution in [-0.4, -0.2) is 41.1 Å². The van der Waals surface area contributed by atoms with Crippen molar-refractivity contribution in [2.24, 2.45) is 0 Å². The number of carbonyl (C=O) groups is 3. The van der Waals surface area contributed by atoms with E-state index >= 15 is 0 Å². The van der Waals surface area contributed by atoms with Crippen LogP contribution < -0.4 is 0 Å². The normalized spacial score (nSPS) is 22.5. The van der Waals surface area contributed by atoms with E-state index in [1.807, 2.05) is 0 Å². The van der Waals surface area contributed by atoms with Gasteiger partial charge in [-0.05, 0) is 0 Å². The van der Waals surface area contributed by atoms with E-state index < -0.39 is 0 Å². The Kier molecular flexibility index (Phi) is 3.48. The summed E-state index contributed by atoms with van der Waals surface area (Å²) >= 11 is 1.38. The van der Waals surface area contributed by atoms with E-state index in [1.54, 1.807) is 0 Å². The number of thioether (sulfide) groups is 1. The van der Waals surface area contributed by atoms with Gasteiger partial charge in [0.05, 0.1) is 5.25 Å². The number of nitrogens with zero attached hydrogens (tertiary/aromatic N) is 1. The fourth-order valence-electron chi connectivity index (χ4n) is 1.11. The van der Waals surface area contributed by atoms with Crippen molar-refractivity contribution in [2.45, 2.75) is 18.1 Å². The van der Waals surface area contributed by atoms with Gasteiger partial charge < -0.3 is 4.79 Å². The van der Waals surface area contributed by atoms with Crippen LogP contribution in [-0.2, 0) is 14.4 Å². The monoisotopic (exact) mass is 201 g/mol. The molecule has 0 spiro atoms. The molecule has 1 unspecified atom stereocenters. The Morgan fingerprint density at radius 2 is 2.31 bits per heavy atom. The number of carbonyl (C=O) groups excluding carboxylic acids is 3. The summed E-state index contributed by atoms with van der Waals surface area (Å²) in [5.41, 5.74) is 0. The van der Waals surface area contributed by atoms with Gasteiger partial charge in [0.2, 0.25) is 11.8 Å². The molecule has 0 radical (unpaired) electrons. The average Bonchev–Trinajstić information content (AvgIpc) is 2.34. The lowest BCUT2D eigenvalue weighted by atomic mass is 10.4. The van der Waals surface area contributed by atoms with Crippen molar-refractivity contribution in [3.63, 3.8) is 0 Å². The Balaban J connectivity index is 2.40. The Hall–Kier alpha value is -0.840. The van der Waals surface area contributed by atoms with Crippen molar-refractivity contribution < 1.29 is 14.4 Å². The molecule has 1 fully saturated rings. The van der Waals surface area contributed by atoms with Crippen LogP contribution >= 0.6 is 11.8 Å². The van der Waals surface area contributed by atoms with Gasteiger partial charge >= 0.3 is 0 Å². The quantitative estimate of drug-likeness (QED) is 0.367. The molecule has 0 aromatic carbocycles. The van der Waals surface area contributed by atoms with Crippen molar-refractivity contribution in [3.05, 3.63) is 0 Å². The van der Waals surface area contributed by atoms with Crippen LogP contribution in [0.25, 0.3) is 0 Å². The van der Waals surface area contributed by atoms with E-state index in [0.717, 1.165) is 11.2 Å². The molecule has 4 nitrogen and oxygen atoms in total. The predicted molar refractivity (Wildman–Crippen MR) is 49.3 cm³/mol. The molecule has 0 aromatic heterocycles. The van der Waals surface area contributed by atoms with Crippen LogP contribution in [0.1, 0.15) is 12.8 Å². The third-order valence-corrected chi connectivity index (χ3v) is 3.14. The smallest absolute Gasteiger partial charge is 0.242 e. The van der Waals surface area contributed by atoms with Crippen LogP contribution in [0.5, 0.6) is 0 Å². The summed E-state index contributed by atoms with van der Waals surface area (Å²) in [5.74, 6) is 0.343. The van der Waals surface area contributed by atoms with Crippen molar-refractivity contribution in [1.82, 2.24) is 4.90 Å². The molecule has 1 aliphatic rings. The van der Waals surface area contributed by atoms with Crippen molar-refractivity contribution in [1.29, 1.82) is 0 Å². The van der Waals surface area contributed by atoms with Gasteiger partial charge in [-0.1, -0.05) is 0 Å². The molecule has 2 amide bonds. The van der Waals surface area contributed by atoms with Gasteiger partial charge in [0.1, 0.15) is 6.29 Å². The van der Waals surface area contributed by atoms with Gasteiger partial charge in [-0.15, -0.1) is 11.8 Å². The third kappa shape index (κ3) is 2.30. The molecule has 1 atom stereocenters. The number of hydrogen-bond acceptors (Lipinski definition) is 4. The fourth-order valence-corrected chi connectivity index (χ4v) is 2.19. The molecule has 1 rings (SSSR count). The average molecular weight is 201 g/mol. The maximum atomic E-state index is 11.3. The number of hydrogen-bond donors (Lipinski definition) is 0. The zero-order valence-electron chi connectivity index (χ0n) is 7.36. The summed E-state index contributed by atoms with van der Waals surface area (Å²) in [4.78, 5) is 33.5. The first-order chi connectivity index (χ1) is 6.16. The van der Waals surface area contributed by atoms with Gasteiger partial charge in [-0.3, -0.25) is 14.5 Å². The summed E-state index contributed by atoms with van der Waals surface area (Å²) in [6.07, 6.45) is 1.53. The second-order valence-electron chi connectivity index (χ2n) is 2.81. The second-order valence-corrected chi connectivity index (χ2v) is 4.12. The van der Waals surface area contributed by atoms with Gasteiger partial charge in [-0.25, -0.2) is 0 Å². The minimum absolute atomic E-state index is 0.131. The number of likely N-dealkylation sites (tertiary alicyclic amines) is 1. The SMILES string of the molecule is CN1C(=O)CC(SCCC=O)C1=O. The molecular formula is C8H11NO3S. The van der Waals surface area contributed by atoms with E-state index in [1.165, 1.54) is 18.8 Å². The molecule has 0 aliphatic carbocycles. The molecule has 0 bridgehead atoms. The molecule has 1 heterocycles. The first-order valence-corrected chi connectivity index (χ1v) is 5.07. The standard InChI is InChI=1S/C8H11NO3S/c1-9-7(11)5-6(8(9)12)13-4-2-3-10/h3,6H,2,4-5H2,1H3. The Labute approximate surface area is 80.7 Å². The van der Waals surface area contributed by atoms with Gasteiger partial charge in [-0.2, -0.15) is 0 Å². The van der Waals surface area contributed by atoms with E-state index in [-0.39, 0.29) is 23.5 Å². The lowest BCUT2D eigenvalue weighted by molar-refractivity contribution is -0.136. The van der Waals surface area contributed by atoms with Crippen LogP contribution in [0.4, 0.5) is 0 Å². The van der Waals surface area contributed by atoms with Gasteiger partial charge in [0.25, 0.3) is 0 Å². The molecule has 1 saturated heterocycles. The minimum Gasteiger partial charge on any atom is -0.303 e. The minimum atomic E-state index is -0.266. The Morgan fingerprint density at radius 1 is 1.62 bits per heavy atom. The van der Waals surface area contributed by atoms with E-state index in [2.05, 4.69) is 0 Å². The highest BCUT2D eigenvalue weighted by Gasteiger charge is 2.35. The molecule has 5 heteroatoms. The molecule has 72 valence electrons. The maximum absolute atomic E-state index is 11.3. The fraction of sp³-hybridized carbons (Fsp3) is 0.625. The van der Waals surface area contributed by atoms with Gasteiger partial charge in [0.15, 0.2) is 0 Å². The topological polar surface area (TPSA) is 54.5 Å². The highest BCUT2D eigenvalue weighted by Crippen LogP contribution is 2.24. The first-order valence-electron chi connectivity index (χ1n) is 4.02. The molecule has 1 aliphatic heterocycles. The summed E-state index contributed by atoms with van der Waals surface area (Å²) in [6.45, 7) is 0. The summed E-state index contributed by atoms with van der Waals surface area (Å²) < 4.78 is 0. The molecule has 13 heavy (non-hydrogen) atoms. The third-order valence-electron chi connectivity index (χ3n) is 1.89. The predicted octanol–water partition coefficient (Wildman–Crippen LogP) is 0.0659. The highest BCUT2D eigenvalue weighted by molar-refractivity contribution is 8.00. The number of aldehydes is 1. The zero-order chi connectivity index (χ0) is 9.84. The van der Waals surface area contributed by atoms with Gasteiger partial charge in [0, 0.05) is 25.6 Å².